The number of aliphatic hydroxyl groups is 1. The Morgan fingerprint density at radius 3 is 2.90 bits per heavy atom. The number of ether oxygens (including phenoxy) is 1. The monoisotopic (exact) mass is 455 g/mol. The summed E-state index contributed by atoms with van der Waals surface area (Å²) in [5.41, 5.74) is 3.91. The molecule has 2 N–H and O–H groups in total. The number of aliphatic hydroxyl groups excluding tert-OH is 1. The Kier molecular flexibility index (Phi) is 6.08. The zero-order valence-electron chi connectivity index (χ0n) is 15.8. The lowest BCUT2D eigenvalue weighted by Gasteiger charge is -2.20. The fourth-order valence-corrected chi connectivity index (χ4v) is 3.61. The van der Waals surface area contributed by atoms with Crippen molar-refractivity contribution in [2.75, 3.05) is 6.54 Å². The molecule has 7 heteroatoms. The maximum Gasteiger partial charge on any atom is 0.254 e. The topological polar surface area (TPSA) is 76.4 Å². The van der Waals surface area contributed by atoms with Crippen LogP contribution in [0.2, 0.25) is 0 Å². The van der Waals surface area contributed by atoms with E-state index in [9.17, 15) is 9.90 Å². The zero-order chi connectivity index (χ0) is 20.2. The summed E-state index contributed by atoms with van der Waals surface area (Å²) in [6, 6.07) is 13.0. The van der Waals surface area contributed by atoms with Crippen molar-refractivity contribution < 1.29 is 9.84 Å². The fourth-order valence-electron chi connectivity index (χ4n) is 3.38. The molecule has 2 aromatic heterocycles. The first-order valence-corrected chi connectivity index (χ1v) is 10.3. The van der Waals surface area contributed by atoms with Gasteiger partial charge in [0, 0.05) is 29.5 Å². The minimum absolute atomic E-state index is 0.194. The highest BCUT2D eigenvalue weighted by Gasteiger charge is 2.14. The number of fused-ring (bicyclic) bond motifs is 1. The van der Waals surface area contributed by atoms with Gasteiger partial charge in [-0.1, -0.05) is 18.2 Å². The average molecular weight is 456 g/mol. The highest BCUT2D eigenvalue weighted by molar-refractivity contribution is 9.10. The Morgan fingerprint density at radius 1 is 1.21 bits per heavy atom. The van der Waals surface area contributed by atoms with E-state index in [2.05, 4.69) is 32.3 Å². The lowest BCUT2D eigenvalue weighted by atomic mass is 9.96. The predicted octanol–water partition coefficient (Wildman–Crippen LogP) is 2.96. The van der Waals surface area contributed by atoms with E-state index in [1.54, 1.807) is 18.5 Å². The van der Waals surface area contributed by atoms with Gasteiger partial charge < -0.3 is 19.7 Å². The standard InChI is InChI=1S/C22H22BrN3O3/c23-18-3-4-19(25-12-18)14-29-20-6-8-26(22(28)10-20)13-21(27)16-2-1-15-5-7-24-11-17(15)9-16/h1-4,6,8-10,12,21,24,27H,5,7,11,13-14H2. The molecular weight excluding hydrogens is 434 g/mol. The predicted molar refractivity (Wildman–Crippen MR) is 114 cm³/mol. The Balaban J connectivity index is 1.41. The first-order chi connectivity index (χ1) is 14.1. The van der Waals surface area contributed by atoms with E-state index in [0.717, 1.165) is 35.2 Å². The van der Waals surface area contributed by atoms with Gasteiger partial charge in [0.2, 0.25) is 0 Å². The van der Waals surface area contributed by atoms with Crippen LogP contribution >= 0.6 is 15.9 Å². The van der Waals surface area contributed by atoms with Crippen molar-refractivity contribution in [2.24, 2.45) is 0 Å². The van der Waals surface area contributed by atoms with Gasteiger partial charge in [-0.15, -0.1) is 0 Å². The smallest absolute Gasteiger partial charge is 0.254 e. The minimum atomic E-state index is -0.751. The summed E-state index contributed by atoms with van der Waals surface area (Å²) in [4.78, 5) is 16.7. The summed E-state index contributed by atoms with van der Waals surface area (Å²) in [7, 11) is 0. The van der Waals surface area contributed by atoms with Crippen LogP contribution < -0.4 is 15.6 Å². The molecule has 1 aliphatic rings. The summed E-state index contributed by atoms with van der Waals surface area (Å²) in [5, 5.41) is 14.0. The number of hydrogen-bond acceptors (Lipinski definition) is 5. The molecule has 0 saturated heterocycles. The average Bonchev–Trinajstić information content (AvgIpc) is 2.74. The molecule has 0 radical (unpaired) electrons. The highest BCUT2D eigenvalue weighted by Crippen LogP contribution is 2.21. The maximum atomic E-state index is 12.4. The van der Waals surface area contributed by atoms with Crippen molar-refractivity contribution >= 4 is 15.9 Å². The Hall–Kier alpha value is -2.48. The van der Waals surface area contributed by atoms with Crippen LogP contribution in [0, 0.1) is 0 Å². The summed E-state index contributed by atoms with van der Waals surface area (Å²) in [6.07, 6.45) is 3.60. The van der Waals surface area contributed by atoms with Crippen LogP contribution in [0.4, 0.5) is 0 Å². The molecule has 150 valence electrons. The van der Waals surface area contributed by atoms with E-state index in [1.165, 1.54) is 21.8 Å². The van der Waals surface area contributed by atoms with Gasteiger partial charge in [0.15, 0.2) is 0 Å². The van der Waals surface area contributed by atoms with Gasteiger partial charge in [0.25, 0.3) is 5.56 Å². The van der Waals surface area contributed by atoms with Crippen LogP contribution in [0.25, 0.3) is 0 Å². The van der Waals surface area contributed by atoms with E-state index in [4.69, 9.17) is 4.74 Å². The molecular formula is C22H22BrN3O3. The summed E-state index contributed by atoms with van der Waals surface area (Å²) in [5.74, 6) is 0.477. The Bertz CT molecular complexity index is 1050. The zero-order valence-corrected chi connectivity index (χ0v) is 17.4. The van der Waals surface area contributed by atoms with E-state index in [0.29, 0.717) is 5.75 Å². The molecule has 1 aliphatic heterocycles. The van der Waals surface area contributed by atoms with Gasteiger partial charge in [-0.05, 0) is 63.8 Å². The Morgan fingerprint density at radius 2 is 2.10 bits per heavy atom. The number of hydrogen-bond donors (Lipinski definition) is 2. The van der Waals surface area contributed by atoms with Gasteiger partial charge in [-0.25, -0.2) is 0 Å². The molecule has 0 spiro atoms. The molecule has 4 rings (SSSR count). The molecule has 0 amide bonds. The summed E-state index contributed by atoms with van der Waals surface area (Å²) in [6.45, 7) is 2.27. The van der Waals surface area contributed by atoms with Crippen LogP contribution in [-0.2, 0) is 26.1 Å². The van der Waals surface area contributed by atoms with Crippen molar-refractivity contribution in [2.45, 2.75) is 32.2 Å². The van der Waals surface area contributed by atoms with Crippen molar-refractivity contribution in [1.29, 1.82) is 0 Å². The molecule has 0 fully saturated rings. The Labute approximate surface area is 177 Å². The van der Waals surface area contributed by atoms with Crippen molar-refractivity contribution in [3.05, 3.63) is 92.1 Å². The second-order valence-corrected chi connectivity index (χ2v) is 8.00. The number of rotatable bonds is 6. The number of benzene rings is 1. The highest BCUT2D eigenvalue weighted by atomic mass is 79.9. The number of nitrogens with zero attached hydrogens (tertiary/aromatic N) is 2. The lowest BCUT2D eigenvalue weighted by Crippen LogP contribution is -2.24. The van der Waals surface area contributed by atoms with E-state index >= 15 is 0 Å². The van der Waals surface area contributed by atoms with Gasteiger partial charge in [0.1, 0.15) is 12.4 Å². The molecule has 1 aromatic carbocycles. The van der Waals surface area contributed by atoms with Gasteiger partial charge in [0.05, 0.1) is 18.3 Å². The molecule has 0 bridgehead atoms. The van der Waals surface area contributed by atoms with Crippen LogP contribution in [0.5, 0.6) is 5.75 Å². The molecule has 0 saturated carbocycles. The molecule has 6 nitrogen and oxygen atoms in total. The number of halogens is 1. The molecule has 1 atom stereocenters. The van der Waals surface area contributed by atoms with Crippen LogP contribution in [-0.4, -0.2) is 21.2 Å². The first-order valence-electron chi connectivity index (χ1n) is 9.53. The maximum absolute atomic E-state index is 12.4. The second kappa shape index (κ2) is 8.90. The molecule has 0 aliphatic carbocycles. The van der Waals surface area contributed by atoms with Gasteiger partial charge in [-0.3, -0.25) is 9.78 Å². The third-order valence-corrected chi connectivity index (χ3v) is 5.48. The van der Waals surface area contributed by atoms with Crippen LogP contribution in [0.3, 0.4) is 0 Å². The fraction of sp³-hybridized carbons (Fsp3) is 0.273. The van der Waals surface area contributed by atoms with Gasteiger partial charge >= 0.3 is 0 Å². The number of aromatic nitrogens is 2. The van der Waals surface area contributed by atoms with Crippen molar-refractivity contribution in [3.63, 3.8) is 0 Å². The third-order valence-electron chi connectivity index (χ3n) is 5.01. The molecule has 3 heterocycles. The van der Waals surface area contributed by atoms with Crippen molar-refractivity contribution in [3.8, 4) is 5.75 Å². The van der Waals surface area contributed by atoms with Crippen LogP contribution in [0.15, 0.2) is 64.1 Å². The lowest BCUT2D eigenvalue weighted by molar-refractivity contribution is 0.154. The van der Waals surface area contributed by atoms with Crippen LogP contribution in [0.1, 0.15) is 28.5 Å². The second-order valence-electron chi connectivity index (χ2n) is 7.08. The number of nitrogens with one attached hydrogen (secondary N) is 1. The molecule has 1 unspecified atom stereocenters. The summed E-state index contributed by atoms with van der Waals surface area (Å²) < 4.78 is 8.05. The largest absolute Gasteiger partial charge is 0.487 e. The molecule has 29 heavy (non-hydrogen) atoms. The summed E-state index contributed by atoms with van der Waals surface area (Å²) >= 11 is 3.34. The van der Waals surface area contributed by atoms with E-state index in [1.807, 2.05) is 24.3 Å². The quantitative estimate of drug-likeness (QED) is 0.597. The van der Waals surface area contributed by atoms with Crippen molar-refractivity contribution in [1.82, 2.24) is 14.9 Å². The molecule has 3 aromatic rings. The normalized spacial score (nSPS) is 14.3. The van der Waals surface area contributed by atoms with Gasteiger partial charge in [-0.2, -0.15) is 0 Å². The number of pyridine rings is 2. The van der Waals surface area contributed by atoms with E-state index in [-0.39, 0.29) is 18.7 Å². The SMILES string of the molecule is O=c1cc(OCc2ccc(Br)cn2)ccn1CC(O)c1ccc2c(c1)CNCC2. The minimum Gasteiger partial charge on any atom is -0.487 e. The third kappa shape index (κ3) is 4.93. The van der Waals surface area contributed by atoms with E-state index < -0.39 is 6.10 Å². The first kappa shape index (κ1) is 19.8.